The first-order chi connectivity index (χ1) is 12.6. The van der Waals surface area contributed by atoms with E-state index in [1.54, 1.807) is 4.90 Å². The molecule has 2 aliphatic heterocycles. The molecule has 2 aromatic rings. The first-order valence-corrected chi connectivity index (χ1v) is 8.90. The van der Waals surface area contributed by atoms with E-state index in [2.05, 4.69) is 10.2 Å². The highest BCUT2D eigenvalue weighted by molar-refractivity contribution is 6.11. The van der Waals surface area contributed by atoms with Crippen LogP contribution in [-0.4, -0.2) is 30.9 Å². The summed E-state index contributed by atoms with van der Waals surface area (Å²) in [4.78, 5) is 29.0. The molecule has 6 heteroatoms. The molecule has 3 N–H and O–H groups in total. The smallest absolute Gasteiger partial charge is 0.249 e. The lowest BCUT2D eigenvalue weighted by atomic mass is 9.98. The molecule has 0 fully saturated rings. The van der Waals surface area contributed by atoms with Gasteiger partial charge in [0.15, 0.2) is 0 Å². The molecule has 0 spiro atoms. The van der Waals surface area contributed by atoms with Crippen LogP contribution in [0.5, 0.6) is 0 Å². The quantitative estimate of drug-likeness (QED) is 0.815. The number of rotatable bonds is 2. The lowest BCUT2D eigenvalue weighted by Crippen LogP contribution is -2.52. The largest absolute Gasteiger partial charge is 0.398 e. The van der Waals surface area contributed by atoms with Gasteiger partial charge in [-0.2, -0.15) is 0 Å². The molecule has 0 saturated heterocycles. The number of nitrogen functional groups attached to an aromatic ring is 1. The Morgan fingerprint density at radius 3 is 2.77 bits per heavy atom. The second-order valence-electron chi connectivity index (χ2n) is 6.81. The Hall–Kier alpha value is -3.02. The Morgan fingerprint density at radius 1 is 1.15 bits per heavy atom. The van der Waals surface area contributed by atoms with E-state index in [0.29, 0.717) is 5.69 Å². The Kier molecular flexibility index (Phi) is 4.03. The Labute approximate surface area is 152 Å². The normalized spacial score (nSPS) is 17.2. The summed E-state index contributed by atoms with van der Waals surface area (Å²) in [7, 11) is 0. The number of benzene rings is 2. The van der Waals surface area contributed by atoms with Crippen LogP contribution < -0.4 is 20.9 Å². The predicted molar refractivity (Wildman–Crippen MR) is 103 cm³/mol. The van der Waals surface area contributed by atoms with Gasteiger partial charge in [0.05, 0.1) is 11.4 Å². The third-order valence-corrected chi connectivity index (χ3v) is 5.18. The van der Waals surface area contributed by atoms with Gasteiger partial charge in [-0.25, -0.2) is 0 Å². The van der Waals surface area contributed by atoms with Crippen LogP contribution in [-0.2, 0) is 16.0 Å². The van der Waals surface area contributed by atoms with E-state index in [0.717, 1.165) is 42.0 Å². The van der Waals surface area contributed by atoms with Gasteiger partial charge in [0.25, 0.3) is 0 Å². The minimum Gasteiger partial charge on any atom is -0.398 e. The monoisotopic (exact) mass is 350 g/mol. The van der Waals surface area contributed by atoms with Gasteiger partial charge in [-0.15, -0.1) is 0 Å². The second-order valence-corrected chi connectivity index (χ2v) is 6.81. The predicted octanol–water partition coefficient (Wildman–Crippen LogP) is 2.40. The van der Waals surface area contributed by atoms with Crippen molar-refractivity contribution in [3.8, 4) is 0 Å². The molecule has 2 heterocycles. The zero-order chi connectivity index (χ0) is 18.3. The fraction of sp³-hybridized carbons (Fsp3) is 0.300. The van der Waals surface area contributed by atoms with Crippen LogP contribution in [0.1, 0.15) is 18.9 Å². The van der Waals surface area contributed by atoms with Crippen LogP contribution in [0.25, 0.3) is 0 Å². The molecular formula is C20H22N4O2. The number of carbonyl (C=O) groups excluding carboxylic acids is 2. The first kappa shape index (κ1) is 16.4. The van der Waals surface area contributed by atoms with Gasteiger partial charge in [0, 0.05) is 17.9 Å². The zero-order valence-corrected chi connectivity index (χ0v) is 14.7. The van der Waals surface area contributed by atoms with Crippen LogP contribution in [0.15, 0.2) is 42.5 Å². The van der Waals surface area contributed by atoms with E-state index in [1.807, 2.05) is 49.4 Å². The average Bonchev–Trinajstić information content (AvgIpc) is 2.66. The van der Waals surface area contributed by atoms with Crippen molar-refractivity contribution in [2.75, 3.05) is 33.9 Å². The maximum atomic E-state index is 13.3. The number of nitrogens with one attached hydrogen (secondary N) is 1. The minimum absolute atomic E-state index is 0.0395. The van der Waals surface area contributed by atoms with Gasteiger partial charge < -0.3 is 16.0 Å². The number of carbonyl (C=O) groups is 2. The molecule has 0 bridgehead atoms. The molecule has 134 valence electrons. The van der Waals surface area contributed by atoms with E-state index in [4.69, 9.17) is 5.73 Å². The Balaban J connectivity index is 1.66. The molecule has 26 heavy (non-hydrogen) atoms. The number of fused-ring (bicyclic) bond motifs is 2. The zero-order valence-electron chi connectivity index (χ0n) is 14.7. The van der Waals surface area contributed by atoms with Gasteiger partial charge in [-0.1, -0.05) is 18.2 Å². The van der Waals surface area contributed by atoms with E-state index in [-0.39, 0.29) is 24.4 Å². The van der Waals surface area contributed by atoms with Crippen LogP contribution >= 0.6 is 0 Å². The topological polar surface area (TPSA) is 78.7 Å². The Morgan fingerprint density at radius 2 is 1.92 bits per heavy atom. The summed E-state index contributed by atoms with van der Waals surface area (Å²) >= 11 is 0. The van der Waals surface area contributed by atoms with Crippen LogP contribution in [0.4, 0.5) is 22.7 Å². The SMILES string of the molecule is CC(C(=O)N1CC(=O)Nc2ccccc21)N1CCCc2c(N)cccc21. The van der Waals surface area contributed by atoms with Crippen molar-refractivity contribution in [2.45, 2.75) is 25.8 Å². The van der Waals surface area contributed by atoms with Gasteiger partial charge in [0.2, 0.25) is 11.8 Å². The van der Waals surface area contributed by atoms with E-state index >= 15 is 0 Å². The summed E-state index contributed by atoms with van der Waals surface area (Å²) in [5.74, 6) is -0.255. The van der Waals surface area contributed by atoms with Crippen molar-refractivity contribution in [2.24, 2.45) is 0 Å². The molecule has 0 saturated carbocycles. The van der Waals surface area contributed by atoms with Crippen LogP contribution in [0.2, 0.25) is 0 Å². The third-order valence-electron chi connectivity index (χ3n) is 5.18. The first-order valence-electron chi connectivity index (χ1n) is 8.90. The molecule has 2 aliphatic rings. The van der Waals surface area contributed by atoms with E-state index in [9.17, 15) is 9.59 Å². The van der Waals surface area contributed by atoms with Crippen molar-refractivity contribution in [1.29, 1.82) is 0 Å². The van der Waals surface area contributed by atoms with Gasteiger partial charge in [0.1, 0.15) is 12.6 Å². The molecule has 0 radical (unpaired) electrons. The number of nitrogens with two attached hydrogens (primary N) is 1. The van der Waals surface area contributed by atoms with Crippen molar-refractivity contribution in [1.82, 2.24) is 0 Å². The standard InChI is InChI=1S/C20H22N4O2/c1-13(23-11-5-6-14-15(21)7-4-10-17(14)23)20(26)24-12-19(25)22-16-8-2-3-9-18(16)24/h2-4,7-10,13H,5-6,11-12,21H2,1H3,(H,22,25). The summed E-state index contributed by atoms with van der Waals surface area (Å²) in [5, 5.41) is 2.82. The highest BCUT2D eigenvalue weighted by Crippen LogP contribution is 2.34. The molecular weight excluding hydrogens is 328 g/mol. The maximum Gasteiger partial charge on any atom is 0.249 e. The molecule has 4 rings (SSSR count). The maximum absolute atomic E-state index is 13.3. The van der Waals surface area contributed by atoms with Crippen molar-refractivity contribution in [3.63, 3.8) is 0 Å². The van der Waals surface area contributed by atoms with Gasteiger partial charge in [-0.05, 0) is 49.6 Å². The summed E-state index contributed by atoms with van der Waals surface area (Å²) in [6.45, 7) is 2.73. The van der Waals surface area contributed by atoms with Crippen LogP contribution in [0.3, 0.4) is 0 Å². The van der Waals surface area contributed by atoms with Gasteiger partial charge in [-0.3, -0.25) is 14.5 Å². The fourth-order valence-electron chi connectivity index (χ4n) is 3.87. The number of nitrogens with zero attached hydrogens (tertiary/aromatic N) is 2. The number of hydrogen-bond donors (Lipinski definition) is 2. The third kappa shape index (κ3) is 2.67. The summed E-state index contributed by atoms with van der Waals surface area (Å²) in [6.07, 6.45) is 1.88. The molecule has 0 aromatic heterocycles. The number of hydrogen-bond acceptors (Lipinski definition) is 4. The summed E-state index contributed by atoms with van der Waals surface area (Å²) < 4.78 is 0. The van der Waals surface area contributed by atoms with Crippen LogP contribution in [0, 0.1) is 0 Å². The molecule has 2 amide bonds. The molecule has 2 aromatic carbocycles. The number of amides is 2. The lowest BCUT2D eigenvalue weighted by Gasteiger charge is -2.39. The van der Waals surface area contributed by atoms with Crippen molar-refractivity contribution in [3.05, 3.63) is 48.0 Å². The summed E-state index contributed by atoms with van der Waals surface area (Å²) in [5.41, 5.74) is 10.4. The summed E-state index contributed by atoms with van der Waals surface area (Å²) in [6, 6.07) is 12.9. The second kappa shape index (κ2) is 6.37. The molecule has 6 nitrogen and oxygen atoms in total. The van der Waals surface area contributed by atoms with E-state index in [1.165, 1.54) is 0 Å². The Bertz CT molecular complexity index is 880. The number of anilines is 4. The molecule has 1 atom stereocenters. The molecule has 0 aliphatic carbocycles. The van der Waals surface area contributed by atoms with Crippen molar-refractivity contribution >= 4 is 34.6 Å². The average molecular weight is 350 g/mol. The fourth-order valence-corrected chi connectivity index (χ4v) is 3.87. The lowest BCUT2D eigenvalue weighted by molar-refractivity contribution is -0.122. The van der Waals surface area contributed by atoms with Gasteiger partial charge >= 0.3 is 0 Å². The minimum atomic E-state index is -0.380. The van der Waals surface area contributed by atoms with Crippen molar-refractivity contribution < 1.29 is 9.59 Å². The van der Waals surface area contributed by atoms with E-state index < -0.39 is 0 Å². The molecule has 1 unspecified atom stereocenters. The highest BCUT2D eigenvalue weighted by Gasteiger charge is 2.34. The highest BCUT2D eigenvalue weighted by atomic mass is 16.2. The number of para-hydroxylation sites is 2.